The summed E-state index contributed by atoms with van der Waals surface area (Å²) in [7, 11) is 0. The van der Waals surface area contributed by atoms with Gasteiger partial charge in [0.05, 0.1) is 5.92 Å². The third-order valence-electron chi connectivity index (χ3n) is 8.36. The molecule has 0 saturated carbocycles. The number of hydrogen-bond donors (Lipinski definition) is 8. The Morgan fingerprint density at radius 2 is 1.44 bits per heavy atom. The van der Waals surface area contributed by atoms with Gasteiger partial charge in [0.2, 0.25) is 11.8 Å². The number of aryl methyl sites for hydroxylation is 1. The predicted molar refractivity (Wildman–Crippen MR) is 208 cm³/mol. The second-order valence-electron chi connectivity index (χ2n) is 12.7. The topological polar surface area (TPSA) is 223 Å². The van der Waals surface area contributed by atoms with Crippen molar-refractivity contribution in [3.05, 3.63) is 18.2 Å². The highest BCUT2D eigenvalue weighted by atomic mass is 32.2. The fraction of sp³-hybridized carbons (Fsp3) is 0.800. The number of imidazole rings is 1. The number of nitrogens with one attached hydrogen (secondary N) is 5. The van der Waals surface area contributed by atoms with Crippen molar-refractivity contribution in [1.82, 2.24) is 31.2 Å². The minimum absolute atomic E-state index is 0.00130. The van der Waals surface area contributed by atoms with Crippen molar-refractivity contribution in [2.45, 2.75) is 84.1 Å². The van der Waals surface area contributed by atoms with Crippen LogP contribution < -0.4 is 38.5 Å². The number of hydrogen-bond acceptors (Lipinski definition) is 12. The van der Waals surface area contributed by atoms with Crippen LogP contribution in [0.15, 0.2) is 12.4 Å². The van der Waals surface area contributed by atoms with Gasteiger partial charge >= 0.3 is 0 Å². The minimum Gasteiger partial charge on any atom is -0.355 e. The quantitative estimate of drug-likeness (QED) is 0.0472. The number of H-pyrrole nitrogens is 1. The van der Waals surface area contributed by atoms with Crippen molar-refractivity contribution in [3.8, 4) is 0 Å². The first-order chi connectivity index (χ1) is 24.3. The molecule has 11 N–H and O–H groups in total. The third-order valence-corrected chi connectivity index (χ3v) is 10.8. The van der Waals surface area contributed by atoms with E-state index in [1.54, 1.807) is 35.9 Å². The Bertz CT molecular complexity index is 1040. The van der Waals surface area contributed by atoms with Crippen molar-refractivity contribution in [3.63, 3.8) is 0 Å². The minimum atomic E-state index is -0.680. The lowest BCUT2D eigenvalue weighted by Gasteiger charge is -2.27. The van der Waals surface area contributed by atoms with Crippen LogP contribution >= 0.6 is 23.5 Å². The smallest absolute Gasteiger partial charge is 0.225 e. The summed E-state index contributed by atoms with van der Waals surface area (Å²) in [5.41, 5.74) is 17.7. The van der Waals surface area contributed by atoms with Crippen LogP contribution in [0.3, 0.4) is 0 Å². The van der Waals surface area contributed by atoms with Crippen LogP contribution in [0, 0.1) is 17.8 Å². The number of aromatic nitrogens is 2. The van der Waals surface area contributed by atoms with E-state index < -0.39 is 17.9 Å². The zero-order chi connectivity index (χ0) is 36.8. The van der Waals surface area contributed by atoms with Crippen LogP contribution in [-0.2, 0) is 25.6 Å². The number of carbonyl (C=O) groups is 4. The van der Waals surface area contributed by atoms with E-state index in [1.165, 1.54) is 0 Å². The molecule has 0 spiro atoms. The fourth-order valence-corrected chi connectivity index (χ4v) is 7.56. The van der Waals surface area contributed by atoms with E-state index in [0.29, 0.717) is 78.0 Å². The summed E-state index contributed by atoms with van der Waals surface area (Å²) in [5.74, 6) is 2.20. The van der Waals surface area contributed by atoms with Crippen LogP contribution in [0.25, 0.3) is 0 Å². The van der Waals surface area contributed by atoms with Crippen LogP contribution in [-0.4, -0.2) is 115 Å². The molecule has 2 amide bonds. The molecule has 0 bridgehead atoms. The maximum absolute atomic E-state index is 13.9. The molecule has 15 heteroatoms. The molecule has 50 heavy (non-hydrogen) atoms. The number of carbonyl (C=O) groups excluding carboxylic acids is 4. The summed E-state index contributed by atoms with van der Waals surface area (Å²) in [4.78, 5) is 61.7. The summed E-state index contributed by atoms with van der Waals surface area (Å²) in [6.07, 6.45) is 8.39. The van der Waals surface area contributed by atoms with E-state index in [1.807, 2.05) is 0 Å². The summed E-state index contributed by atoms with van der Waals surface area (Å²) in [6, 6.07) is -0.475. The monoisotopic (exact) mass is 741 g/mol. The molecule has 0 radical (unpaired) electrons. The first-order valence-corrected chi connectivity index (χ1v) is 20.9. The highest BCUT2D eigenvalue weighted by molar-refractivity contribution is 7.99. The van der Waals surface area contributed by atoms with Crippen molar-refractivity contribution < 1.29 is 19.2 Å². The SMILES string of the molecule is CCCSCCC(N)C(CC(=O)CC(CCSCCC)C(CC(=O)NCCNCCN)C(=O)CCCc1ncc[nH]1)C(=O)NCCNCCN. The van der Waals surface area contributed by atoms with Gasteiger partial charge in [0, 0.05) is 109 Å². The molecule has 0 aliphatic rings. The summed E-state index contributed by atoms with van der Waals surface area (Å²) in [5, 5.41) is 12.2. The number of aromatic amines is 1. The lowest BCUT2D eigenvalue weighted by molar-refractivity contribution is -0.133. The molecule has 1 heterocycles. The summed E-state index contributed by atoms with van der Waals surface area (Å²) < 4.78 is 0. The number of ketones is 2. The molecule has 0 aliphatic carbocycles. The highest BCUT2D eigenvalue weighted by Crippen LogP contribution is 2.30. The second kappa shape index (κ2) is 30.6. The normalized spacial score (nSPS) is 13.8. The molecular weight excluding hydrogens is 675 g/mol. The predicted octanol–water partition coefficient (Wildman–Crippen LogP) is 1.61. The van der Waals surface area contributed by atoms with Gasteiger partial charge in [-0.2, -0.15) is 23.5 Å². The van der Waals surface area contributed by atoms with Gasteiger partial charge in [0.1, 0.15) is 17.4 Å². The fourth-order valence-electron chi connectivity index (χ4n) is 5.67. The summed E-state index contributed by atoms with van der Waals surface area (Å²) >= 11 is 3.59. The maximum Gasteiger partial charge on any atom is 0.225 e. The van der Waals surface area contributed by atoms with Gasteiger partial charge in [-0.25, -0.2) is 4.98 Å². The molecule has 13 nitrogen and oxygen atoms in total. The average molecular weight is 742 g/mol. The number of thioether (sulfide) groups is 2. The van der Waals surface area contributed by atoms with Crippen LogP contribution in [0.5, 0.6) is 0 Å². The number of rotatable bonds is 34. The third kappa shape index (κ3) is 22.0. The van der Waals surface area contributed by atoms with Gasteiger partial charge in [-0.15, -0.1) is 0 Å². The van der Waals surface area contributed by atoms with Crippen LogP contribution in [0.2, 0.25) is 0 Å². The molecule has 1 aromatic rings. The maximum atomic E-state index is 13.9. The van der Waals surface area contributed by atoms with E-state index >= 15 is 0 Å². The van der Waals surface area contributed by atoms with Gasteiger partial charge in [-0.05, 0) is 61.0 Å². The van der Waals surface area contributed by atoms with Gasteiger partial charge in [-0.3, -0.25) is 19.2 Å². The van der Waals surface area contributed by atoms with Gasteiger partial charge < -0.3 is 43.5 Å². The van der Waals surface area contributed by atoms with Crippen molar-refractivity contribution in [1.29, 1.82) is 0 Å². The van der Waals surface area contributed by atoms with E-state index in [4.69, 9.17) is 17.2 Å². The summed E-state index contributed by atoms with van der Waals surface area (Å²) in [6.45, 7) is 8.52. The number of Topliss-reactive ketones (excluding diaryl/α,β-unsaturated/α-hetero) is 2. The Hall–Kier alpha value is -2.01. The van der Waals surface area contributed by atoms with E-state index in [2.05, 4.69) is 45.1 Å². The molecule has 4 unspecified atom stereocenters. The molecule has 288 valence electrons. The Kier molecular flexibility index (Phi) is 28.2. The standard InChI is InChI=1S/C35H67N9O4S2/c1-3-20-49-22-8-27(24-28(45)25-30(31(38)9-23-50-21-4-2)35(48)44-17-15-40-13-11-37)29(26-34(47)43-16-14-39-12-10-36)32(46)6-5-7-33-41-18-19-42-33/h18-19,27,29-31,39-40H,3-17,20-26,36-38H2,1-2H3,(H,41,42)(H,43,47)(H,44,48). The average Bonchev–Trinajstić information content (AvgIpc) is 3.62. The zero-order valence-electron chi connectivity index (χ0n) is 30.6. The van der Waals surface area contributed by atoms with Crippen molar-refractivity contribution in [2.24, 2.45) is 35.0 Å². The second-order valence-corrected chi connectivity index (χ2v) is 15.1. The lowest BCUT2D eigenvalue weighted by Crippen LogP contribution is -2.45. The van der Waals surface area contributed by atoms with Gasteiger partial charge in [0.15, 0.2) is 0 Å². The van der Waals surface area contributed by atoms with E-state index in [-0.39, 0.29) is 55.0 Å². The van der Waals surface area contributed by atoms with E-state index in [0.717, 1.165) is 41.7 Å². The Balaban J connectivity index is 3.15. The van der Waals surface area contributed by atoms with Crippen molar-refractivity contribution >= 4 is 46.9 Å². The highest BCUT2D eigenvalue weighted by Gasteiger charge is 2.34. The molecule has 0 aromatic carbocycles. The number of nitrogens with zero attached hydrogens (tertiary/aromatic N) is 1. The van der Waals surface area contributed by atoms with Gasteiger partial charge in [-0.1, -0.05) is 13.8 Å². The molecular formula is C35H67N9O4S2. The zero-order valence-corrected chi connectivity index (χ0v) is 32.3. The Labute approximate surface area is 309 Å². The lowest BCUT2D eigenvalue weighted by atomic mass is 9.78. The molecule has 0 aliphatic heterocycles. The molecule has 1 rings (SSSR count). The molecule has 4 atom stereocenters. The van der Waals surface area contributed by atoms with Gasteiger partial charge in [0.25, 0.3) is 0 Å². The first-order valence-electron chi connectivity index (χ1n) is 18.6. The Morgan fingerprint density at radius 3 is 2.04 bits per heavy atom. The molecule has 0 fully saturated rings. The number of nitrogens with two attached hydrogens (primary N) is 3. The molecule has 1 aromatic heterocycles. The van der Waals surface area contributed by atoms with Crippen LogP contribution in [0.1, 0.15) is 77.5 Å². The largest absolute Gasteiger partial charge is 0.355 e. The number of amides is 2. The van der Waals surface area contributed by atoms with Crippen molar-refractivity contribution in [2.75, 3.05) is 75.4 Å². The van der Waals surface area contributed by atoms with Crippen LogP contribution in [0.4, 0.5) is 0 Å². The van der Waals surface area contributed by atoms with E-state index in [9.17, 15) is 19.2 Å². The first kappa shape index (κ1) is 46.0. The Morgan fingerprint density at radius 1 is 0.800 bits per heavy atom. The molecule has 0 saturated heterocycles.